The fraction of sp³-hybridized carbons (Fsp3) is 0.500. The molecule has 0 spiro atoms. The van der Waals surface area contributed by atoms with E-state index in [9.17, 15) is 4.39 Å². The number of alkyl halides is 1. The molecule has 1 heterocycles. The minimum atomic E-state index is -0.365. The zero-order chi connectivity index (χ0) is 7.40. The molecule has 56 valence electrons. The Bertz CT molecular complexity index is 197. The average molecular weight is 143 g/mol. The second-order valence-corrected chi connectivity index (χ2v) is 1.99. The van der Waals surface area contributed by atoms with Crippen molar-refractivity contribution in [3.63, 3.8) is 0 Å². The van der Waals surface area contributed by atoms with E-state index in [1.165, 1.54) is 0 Å². The Morgan fingerprint density at radius 2 is 2.60 bits per heavy atom. The molecule has 0 saturated heterocycles. The van der Waals surface area contributed by atoms with Gasteiger partial charge in [0, 0.05) is 25.9 Å². The summed E-state index contributed by atoms with van der Waals surface area (Å²) in [5.41, 5.74) is 0. The second kappa shape index (κ2) is 3.20. The SMILES string of the molecule is Cn1ccc(NCCF)n1. The smallest absolute Gasteiger partial charge is 0.148 e. The van der Waals surface area contributed by atoms with Crippen molar-refractivity contribution in [3.05, 3.63) is 12.3 Å². The summed E-state index contributed by atoms with van der Waals surface area (Å²) >= 11 is 0. The first kappa shape index (κ1) is 7.05. The lowest BCUT2D eigenvalue weighted by Crippen LogP contribution is -2.03. The summed E-state index contributed by atoms with van der Waals surface area (Å²) in [7, 11) is 1.82. The first-order valence-electron chi connectivity index (χ1n) is 3.12. The van der Waals surface area contributed by atoms with Crippen molar-refractivity contribution in [1.29, 1.82) is 0 Å². The molecule has 0 bridgehead atoms. The second-order valence-electron chi connectivity index (χ2n) is 1.99. The van der Waals surface area contributed by atoms with Crippen LogP contribution in [0.5, 0.6) is 0 Å². The van der Waals surface area contributed by atoms with Gasteiger partial charge in [0.15, 0.2) is 0 Å². The number of anilines is 1. The van der Waals surface area contributed by atoms with Crippen LogP contribution < -0.4 is 5.32 Å². The summed E-state index contributed by atoms with van der Waals surface area (Å²) in [5, 5.41) is 6.80. The first-order chi connectivity index (χ1) is 4.83. The summed E-state index contributed by atoms with van der Waals surface area (Å²) in [4.78, 5) is 0. The lowest BCUT2D eigenvalue weighted by molar-refractivity contribution is 0.512. The van der Waals surface area contributed by atoms with Gasteiger partial charge in [0.05, 0.1) is 0 Å². The van der Waals surface area contributed by atoms with Gasteiger partial charge in [-0.05, 0) is 0 Å². The van der Waals surface area contributed by atoms with Crippen LogP contribution in [0.4, 0.5) is 10.2 Å². The van der Waals surface area contributed by atoms with Gasteiger partial charge in [0.1, 0.15) is 12.5 Å². The van der Waals surface area contributed by atoms with Gasteiger partial charge in [-0.25, -0.2) is 4.39 Å². The summed E-state index contributed by atoms with van der Waals surface area (Å²) < 4.78 is 13.3. The maximum Gasteiger partial charge on any atom is 0.148 e. The number of rotatable bonds is 3. The lowest BCUT2D eigenvalue weighted by Gasteiger charge is -1.95. The number of hydrogen-bond acceptors (Lipinski definition) is 2. The van der Waals surface area contributed by atoms with Gasteiger partial charge in [0.2, 0.25) is 0 Å². The molecule has 0 fully saturated rings. The summed E-state index contributed by atoms with van der Waals surface area (Å²) in [6.45, 7) is -0.0341. The van der Waals surface area contributed by atoms with Crippen molar-refractivity contribution in [2.24, 2.45) is 7.05 Å². The van der Waals surface area contributed by atoms with E-state index in [1.807, 2.05) is 7.05 Å². The fourth-order valence-electron chi connectivity index (χ4n) is 0.685. The Labute approximate surface area is 58.8 Å². The van der Waals surface area contributed by atoms with Crippen molar-refractivity contribution in [1.82, 2.24) is 9.78 Å². The van der Waals surface area contributed by atoms with Gasteiger partial charge in [0.25, 0.3) is 0 Å². The fourth-order valence-corrected chi connectivity index (χ4v) is 0.685. The third-order valence-electron chi connectivity index (χ3n) is 1.11. The molecule has 0 aromatic carbocycles. The third kappa shape index (κ3) is 1.72. The monoisotopic (exact) mass is 143 g/mol. The minimum absolute atomic E-state index is 0.330. The highest BCUT2D eigenvalue weighted by Crippen LogP contribution is 1.98. The Kier molecular flexibility index (Phi) is 2.25. The Morgan fingerprint density at radius 1 is 1.80 bits per heavy atom. The molecular weight excluding hydrogens is 133 g/mol. The third-order valence-corrected chi connectivity index (χ3v) is 1.11. The average Bonchev–Trinajstić information content (AvgIpc) is 2.31. The van der Waals surface area contributed by atoms with Crippen LogP contribution in [0, 0.1) is 0 Å². The van der Waals surface area contributed by atoms with Crippen molar-refractivity contribution < 1.29 is 4.39 Å². The zero-order valence-electron chi connectivity index (χ0n) is 5.84. The quantitative estimate of drug-likeness (QED) is 0.678. The van der Waals surface area contributed by atoms with E-state index < -0.39 is 0 Å². The standard InChI is InChI=1S/C6H10FN3/c1-10-5-2-6(9-10)8-4-3-7/h2,5H,3-4H2,1H3,(H,8,9). The van der Waals surface area contributed by atoms with Crippen LogP contribution in [0.2, 0.25) is 0 Å². The van der Waals surface area contributed by atoms with E-state index in [4.69, 9.17) is 0 Å². The van der Waals surface area contributed by atoms with Crippen molar-refractivity contribution in [2.45, 2.75) is 0 Å². The van der Waals surface area contributed by atoms with Gasteiger partial charge >= 0.3 is 0 Å². The zero-order valence-corrected chi connectivity index (χ0v) is 5.84. The molecule has 4 heteroatoms. The lowest BCUT2D eigenvalue weighted by atomic mass is 10.6. The molecule has 10 heavy (non-hydrogen) atoms. The number of aromatic nitrogens is 2. The van der Waals surface area contributed by atoms with Gasteiger partial charge in [-0.15, -0.1) is 0 Å². The highest BCUT2D eigenvalue weighted by molar-refractivity contribution is 5.31. The highest BCUT2D eigenvalue weighted by Gasteiger charge is 1.92. The minimum Gasteiger partial charge on any atom is -0.366 e. The molecule has 0 aliphatic heterocycles. The number of aryl methyl sites for hydroxylation is 1. The normalized spacial score (nSPS) is 9.80. The molecule has 3 nitrogen and oxygen atoms in total. The van der Waals surface area contributed by atoms with Crippen LogP contribution in [0.15, 0.2) is 12.3 Å². The van der Waals surface area contributed by atoms with E-state index in [2.05, 4.69) is 10.4 Å². The highest BCUT2D eigenvalue weighted by atomic mass is 19.1. The molecular formula is C6H10FN3. The van der Waals surface area contributed by atoms with Gasteiger partial charge in [-0.2, -0.15) is 5.10 Å². The maximum absolute atomic E-state index is 11.6. The summed E-state index contributed by atoms with van der Waals surface area (Å²) in [5.74, 6) is 0.722. The van der Waals surface area contributed by atoms with Crippen molar-refractivity contribution in [2.75, 3.05) is 18.5 Å². The van der Waals surface area contributed by atoms with Crippen LogP contribution in [-0.4, -0.2) is 23.0 Å². The summed E-state index contributed by atoms with van der Waals surface area (Å²) in [6, 6.07) is 1.80. The topological polar surface area (TPSA) is 29.9 Å². The Hall–Kier alpha value is -1.06. The Balaban J connectivity index is 2.42. The number of nitrogens with one attached hydrogen (secondary N) is 1. The largest absolute Gasteiger partial charge is 0.366 e. The van der Waals surface area contributed by atoms with Crippen molar-refractivity contribution >= 4 is 5.82 Å². The van der Waals surface area contributed by atoms with Gasteiger partial charge in [-0.3, -0.25) is 4.68 Å². The van der Waals surface area contributed by atoms with E-state index in [0.29, 0.717) is 6.54 Å². The molecule has 0 amide bonds. The van der Waals surface area contributed by atoms with E-state index in [-0.39, 0.29) is 6.67 Å². The van der Waals surface area contributed by atoms with E-state index in [0.717, 1.165) is 5.82 Å². The van der Waals surface area contributed by atoms with Crippen LogP contribution >= 0.6 is 0 Å². The molecule has 1 N–H and O–H groups in total. The Morgan fingerprint density at radius 3 is 3.10 bits per heavy atom. The molecule has 0 unspecified atom stereocenters. The molecule has 0 aliphatic rings. The predicted octanol–water partition coefficient (Wildman–Crippen LogP) is 0.801. The van der Waals surface area contributed by atoms with E-state index >= 15 is 0 Å². The maximum atomic E-state index is 11.6. The van der Waals surface area contributed by atoms with Crippen LogP contribution in [0.3, 0.4) is 0 Å². The molecule has 0 radical (unpaired) electrons. The number of hydrogen-bond donors (Lipinski definition) is 1. The van der Waals surface area contributed by atoms with Gasteiger partial charge < -0.3 is 5.32 Å². The van der Waals surface area contributed by atoms with Crippen LogP contribution in [0.1, 0.15) is 0 Å². The number of halogens is 1. The van der Waals surface area contributed by atoms with Gasteiger partial charge in [-0.1, -0.05) is 0 Å². The predicted molar refractivity (Wildman–Crippen MR) is 37.7 cm³/mol. The molecule has 1 aromatic heterocycles. The van der Waals surface area contributed by atoms with Crippen molar-refractivity contribution in [3.8, 4) is 0 Å². The molecule has 1 aromatic rings. The molecule has 0 saturated carbocycles. The summed E-state index contributed by atoms with van der Waals surface area (Å²) in [6.07, 6.45) is 1.81. The molecule has 1 rings (SSSR count). The first-order valence-corrected chi connectivity index (χ1v) is 3.12. The molecule has 0 aliphatic carbocycles. The van der Waals surface area contributed by atoms with E-state index in [1.54, 1.807) is 16.9 Å². The van der Waals surface area contributed by atoms with Crippen LogP contribution in [0.25, 0.3) is 0 Å². The molecule has 0 atom stereocenters. The van der Waals surface area contributed by atoms with Crippen LogP contribution in [-0.2, 0) is 7.05 Å². The number of nitrogens with zero attached hydrogens (tertiary/aromatic N) is 2.